The molecule has 0 aromatic carbocycles. The van der Waals surface area contributed by atoms with Crippen molar-refractivity contribution in [3.8, 4) is 0 Å². The topological polar surface area (TPSA) is 89.0 Å². The van der Waals surface area contributed by atoms with E-state index in [2.05, 4.69) is 0 Å². The number of aryl methyl sites for hydroxylation is 1. The molecule has 5 N–H and O–H groups in total. The lowest BCUT2D eigenvalue weighted by Crippen LogP contribution is -2.49. The zero-order chi connectivity index (χ0) is 14.1. The Bertz CT molecular complexity index is 552. The Morgan fingerprint density at radius 2 is 1.65 bits per heavy atom. The lowest BCUT2D eigenvalue weighted by molar-refractivity contribution is -0.00586. The third kappa shape index (κ3) is 1.51. The summed E-state index contributed by atoms with van der Waals surface area (Å²) >= 11 is 0. The molecule has 0 aliphatic heterocycles. The molecule has 0 amide bonds. The van der Waals surface area contributed by atoms with Crippen LogP contribution in [0.1, 0.15) is 55.4 Å². The first-order chi connectivity index (χ1) is 9.48. The van der Waals surface area contributed by atoms with Crippen molar-refractivity contribution in [1.82, 2.24) is 0 Å². The molecule has 4 aliphatic carbocycles. The number of furan rings is 1. The van der Waals surface area contributed by atoms with Crippen LogP contribution in [-0.4, -0.2) is 5.84 Å². The smallest absolute Gasteiger partial charge is 0.201 e. The van der Waals surface area contributed by atoms with Crippen LogP contribution in [0.5, 0.6) is 0 Å². The molecule has 4 saturated carbocycles. The van der Waals surface area contributed by atoms with Crippen LogP contribution in [0.25, 0.3) is 0 Å². The molecule has 1 heterocycles. The summed E-state index contributed by atoms with van der Waals surface area (Å²) in [6.45, 7) is 1.98. The van der Waals surface area contributed by atoms with Gasteiger partial charge in [-0.15, -0.1) is 0 Å². The van der Waals surface area contributed by atoms with E-state index in [1.807, 2.05) is 6.92 Å². The Balaban J connectivity index is 1.87. The summed E-state index contributed by atoms with van der Waals surface area (Å²) in [4.78, 5) is 0. The van der Waals surface area contributed by atoms with Crippen LogP contribution in [0.2, 0.25) is 0 Å². The van der Waals surface area contributed by atoms with Crippen molar-refractivity contribution in [2.24, 2.45) is 23.5 Å². The first-order valence-corrected chi connectivity index (χ1v) is 7.72. The van der Waals surface area contributed by atoms with E-state index in [-0.39, 0.29) is 11.3 Å². The van der Waals surface area contributed by atoms with Gasteiger partial charge in [-0.1, -0.05) is 0 Å². The summed E-state index contributed by atoms with van der Waals surface area (Å²) in [5.41, 5.74) is 13.8. The molecule has 20 heavy (non-hydrogen) atoms. The highest BCUT2D eigenvalue weighted by Crippen LogP contribution is 2.62. The molecule has 5 rings (SSSR count). The van der Waals surface area contributed by atoms with E-state index >= 15 is 0 Å². The van der Waals surface area contributed by atoms with Gasteiger partial charge in [0.2, 0.25) is 5.88 Å². The van der Waals surface area contributed by atoms with Gasteiger partial charge in [0.1, 0.15) is 11.6 Å². The maximum atomic E-state index is 7.88. The van der Waals surface area contributed by atoms with E-state index in [0.29, 0.717) is 11.4 Å². The average Bonchev–Trinajstić information content (AvgIpc) is 2.63. The summed E-state index contributed by atoms with van der Waals surface area (Å²) in [6, 6.07) is 0. The van der Waals surface area contributed by atoms with Gasteiger partial charge >= 0.3 is 0 Å². The fourth-order valence-corrected chi connectivity index (χ4v) is 5.89. The van der Waals surface area contributed by atoms with E-state index in [9.17, 15) is 0 Å². The monoisotopic (exact) mass is 273 g/mol. The molecule has 0 spiro atoms. The minimum Gasteiger partial charge on any atom is -0.445 e. The van der Waals surface area contributed by atoms with E-state index in [0.717, 1.165) is 23.5 Å². The molecular weight excluding hydrogens is 250 g/mol. The SMILES string of the molecule is Cc1oc(N)c(C(=N)N)c1C12CC3CC(CC(C3)C1)C2. The maximum absolute atomic E-state index is 7.88. The highest BCUT2D eigenvalue weighted by atomic mass is 16.4. The molecule has 4 aliphatic rings. The Morgan fingerprint density at radius 1 is 1.15 bits per heavy atom. The molecule has 0 saturated heterocycles. The van der Waals surface area contributed by atoms with Crippen molar-refractivity contribution in [2.75, 3.05) is 5.73 Å². The molecule has 0 atom stereocenters. The Kier molecular flexibility index (Phi) is 2.34. The second-order valence-corrected chi connectivity index (χ2v) is 7.38. The van der Waals surface area contributed by atoms with Crippen molar-refractivity contribution in [3.63, 3.8) is 0 Å². The van der Waals surface area contributed by atoms with Gasteiger partial charge in [0.05, 0.1) is 5.56 Å². The molecule has 1 aromatic rings. The number of anilines is 1. The fourth-order valence-electron chi connectivity index (χ4n) is 5.89. The number of hydrogen-bond donors (Lipinski definition) is 3. The second-order valence-electron chi connectivity index (χ2n) is 7.38. The highest BCUT2D eigenvalue weighted by Gasteiger charge is 2.53. The van der Waals surface area contributed by atoms with Crippen LogP contribution in [0, 0.1) is 30.1 Å². The summed E-state index contributed by atoms with van der Waals surface area (Å²) in [5.74, 6) is 3.85. The van der Waals surface area contributed by atoms with E-state index in [1.165, 1.54) is 44.1 Å². The molecule has 4 heteroatoms. The van der Waals surface area contributed by atoms with Gasteiger partial charge in [0.25, 0.3) is 0 Å². The summed E-state index contributed by atoms with van der Waals surface area (Å²) in [5, 5.41) is 7.88. The molecule has 4 fully saturated rings. The predicted molar refractivity (Wildman–Crippen MR) is 78.7 cm³/mol. The minimum atomic E-state index is 0.0603. The van der Waals surface area contributed by atoms with Crippen LogP contribution >= 0.6 is 0 Å². The van der Waals surface area contributed by atoms with Crippen molar-refractivity contribution < 1.29 is 4.42 Å². The van der Waals surface area contributed by atoms with Gasteiger partial charge in [-0.05, 0) is 63.2 Å². The molecular formula is C16H23N3O. The minimum absolute atomic E-state index is 0.0603. The lowest BCUT2D eigenvalue weighted by atomic mass is 9.47. The maximum Gasteiger partial charge on any atom is 0.201 e. The van der Waals surface area contributed by atoms with Crippen LogP contribution in [0.3, 0.4) is 0 Å². The van der Waals surface area contributed by atoms with Gasteiger partial charge in [0, 0.05) is 11.0 Å². The zero-order valence-electron chi connectivity index (χ0n) is 12.0. The fraction of sp³-hybridized carbons (Fsp3) is 0.688. The molecule has 1 aromatic heterocycles. The number of nitrogen functional groups attached to an aromatic ring is 2. The van der Waals surface area contributed by atoms with E-state index in [4.69, 9.17) is 21.3 Å². The van der Waals surface area contributed by atoms with Crippen molar-refractivity contribution in [2.45, 2.75) is 50.9 Å². The van der Waals surface area contributed by atoms with E-state index < -0.39 is 0 Å². The largest absolute Gasteiger partial charge is 0.445 e. The number of nitrogens with one attached hydrogen (secondary N) is 1. The standard InChI is InChI=1S/C16H23N3O/c1-8-13(12(14(17)18)15(19)20-8)16-5-9-2-10(6-16)4-11(3-9)7-16/h9-11H,2-7,19H2,1H3,(H3,17,18). The second kappa shape index (κ2) is 3.80. The van der Waals surface area contributed by atoms with Gasteiger partial charge in [-0.2, -0.15) is 0 Å². The van der Waals surface area contributed by atoms with Crippen molar-refractivity contribution >= 4 is 11.7 Å². The molecule has 0 unspecified atom stereocenters. The summed E-state index contributed by atoms with van der Waals surface area (Å²) in [6.07, 6.45) is 7.92. The van der Waals surface area contributed by atoms with Crippen LogP contribution < -0.4 is 11.5 Å². The normalized spacial score (nSPS) is 38.4. The first kappa shape index (κ1) is 12.3. The van der Waals surface area contributed by atoms with Crippen molar-refractivity contribution in [3.05, 3.63) is 16.9 Å². The van der Waals surface area contributed by atoms with Crippen molar-refractivity contribution in [1.29, 1.82) is 5.41 Å². The van der Waals surface area contributed by atoms with Crippen LogP contribution in [0.4, 0.5) is 5.88 Å². The average molecular weight is 273 g/mol. The number of nitrogens with two attached hydrogens (primary N) is 2. The number of rotatable bonds is 2. The van der Waals surface area contributed by atoms with Gasteiger partial charge in [-0.25, -0.2) is 0 Å². The van der Waals surface area contributed by atoms with E-state index in [1.54, 1.807) is 0 Å². The molecule has 108 valence electrons. The lowest BCUT2D eigenvalue weighted by Gasteiger charge is -2.57. The molecule has 0 radical (unpaired) electrons. The third-order valence-electron chi connectivity index (χ3n) is 5.95. The summed E-state index contributed by atoms with van der Waals surface area (Å²) in [7, 11) is 0. The van der Waals surface area contributed by atoms with Gasteiger partial charge in [0.15, 0.2) is 0 Å². The molecule has 4 bridgehead atoms. The van der Waals surface area contributed by atoms with Gasteiger partial charge < -0.3 is 15.9 Å². The molecule has 4 nitrogen and oxygen atoms in total. The Hall–Kier alpha value is -1.45. The quantitative estimate of drug-likeness (QED) is 0.571. The predicted octanol–water partition coefficient (Wildman–Crippen LogP) is 2.92. The number of amidine groups is 1. The van der Waals surface area contributed by atoms with Crippen LogP contribution in [0.15, 0.2) is 4.42 Å². The highest BCUT2D eigenvalue weighted by molar-refractivity contribution is 6.01. The Labute approximate surface area is 119 Å². The zero-order valence-corrected chi connectivity index (χ0v) is 12.0. The first-order valence-electron chi connectivity index (χ1n) is 7.72. The summed E-state index contributed by atoms with van der Waals surface area (Å²) < 4.78 is 5.65. The van der Waals surface area contributed by atoms with Gasteiger partial charge in [-0.3, -0.25) is 5.41 Å². The van der Waals surface area contributed by atoms with Crippen LogP contribution in [-0.2, 0) is 5.41 Å². The third-order valence-corrected chi connectivity index (χ3v) is 5.95. The number of hydrogen-bond acceptors (Lipinski definition) is 3. The Morgan fingerprint density at radius 3 is 2.10 bits per heavy atom.